The standard InChI is InChI=1S/C25H20F5N3O2S/c26-24(27,25(28,29)30)13-35-16-8-5-14(6-9-16)18-12-19(18)23-32-20-10-7-15(11-21(20)33-23)17-3-1-2-4-22(17)36(31)34/h1-11,18-19H,12-13,31H2,(H,32,33). The van der Waals surface area contributed by atoms with Crippen LogP contribution in [0.5, 0.6) is 5.75 Å². The summed E-state index contributed by atoms with van der Waals surface area (Å²) in [6.45, 7) is -1.77. The van der Waals surface area contributed by atoms with E-state index in [9.17, 15) is 26.2 Å². The lowest BCUT2D eigenvalue weighted by Crippen LogP contribution is -2.41. The SMILES string of the molecule is NS(=O)c1ccccc1-c1ccc2nc(C3CC3c3ccc(OCC(F)(F)C(F)(F)F)cc3)[nH]c2c1. The minimum Gasteiger partial charge on any atom is -0.487 e. The largest absolute Gasteiger partial charge is 0.487 e. The maximum atomic E-state index is 13.1. The lowest BCUT2D eigenvalue weighted by Gasteiger charge is -2.19. The molecule has 0 radical (unpaired) electrons. The monoisotopic (exact) mass is 521 g/mol. The molecule has 5 rings (SSSR count). The molecule has 0 saturated heterocycles. The molecular formula is C25H20F5N3O2S. The van der Waals surface area contributed by atoms with E-state index in [0.717, 1.165) is 40.0 Å². The number of hydrogen-bond acceptors (Lipinski definition) is 3. The van der Waals surface area contributed by atoms with Gasteiger partial charge < -0.3 is 9.72 Å². The van der Waals surface area contributed by atoms with Crippen LogP contribution in [0, 0.1) is 0 Å². The van der Waals surface area contributed by atoms with E-state index < -0.39 is 29.7 Å². The molecule has 1 heterocycles. The molecule has 0 aliphatic heterocycles. The zero-order valence-electron chi connectivity index (χ0n) is 18.6. The number of aromatic amines is 1. The number of hydrogen-bond donors (Lipinski definition) is 2. The van der Waals surface area contributed by atoms with Gasteiger partial charge in [-0.05, 0) is 59.4 Å². The first-order valence-corrected chi connectivity index (χ1v) is 12.2. The van der Waals surface area contributed by atoms with Gasteiger partial charge in [0, 0.05) is 5.92 Å². The molecule has 1 saturated carbocycles. The molecule has 4 aromatic rings. The molecule has 0 spiro atoms. The summed E-state index contributed by atoms with van der Waals surface area (Å²) in [6, 6.07) is 19.0. The Hall–Kier alpha value is -3.31. The van der Waals surface area contributed by atoms with Gasteiger partial charge in [-0.25, -0.2) is 14.3 Å². The number of imidazole rings is 1. The summed E-state index contributed by atoms with van der Waals surface area (Å²) in [5, 5.41) is 5.62. The topological polar surface area (TPSA) is 81.0 Å². The average Bonchev–Trinajstić information content (AvgIpc) is 3.53. The van der Waals surface area contributed by atoms with Gasteiger partial charge in [0.2, 0.25) is 0 Å². The van der Waals surface area contributed by atoms with Gasteiger partial charge in [0.25, 0.3) is 0 Å². The summed E-state index contributed by atoms with van der Waals surface area (Å²) >= 11 is 0. The molecule has 1 aliphatic carbocycles. The van der Waals surface area contributed by atoms with Crippen LogP contribution in [0.15, 0.2) is 71.6 Å². The Labute approximate surface area is 205 Å². The van der Waals surface area contributed by atoms with Crippen LogP contribution < -0.4 is 9.88 Å². The molecule has 3 aromatic carbocycles. The first kappa shape index (κ1) is 24.4. The summed E-state index contributed by atoms with van der Waals surface area (Å²) < 4.78 is 79.6. The summed E-state index contributed by atoms with van der Waals surface area (Å²) in [7, 11) is -1.63. The summed E-state index contributed by atoms with van der Waals surface area (Å²) in [6.07, 6.45) is -4.85. The Bertz CT molecular complexity index is 1440. The molecule has 1 aromatic heterocycles. The zero-order valence-corrected chi connectivity index (χ0v) is 19.4. The van der Waals surface area contributed by atoms with Crippen molar-refractivity contribution in [3.05, 3.63) is 78.1 Å². The van der Waals surface area contributed by atoms with Crippen molar-refractivity contribution in [2.45, 2.75) is 35.3 Å². The van der Waals surface area contributed by atoms with E-state index in [1.807, 2.05) is 30.3 Å². The first-order chi connectivity index (χ1) is 17.0. The molecule has 3 unspecified atom stereocenters. The lowest BCUT2D eigenvalue weighted by molar-refractivity contribution is -0.290. The number of H-pyrrole nitrogens is 1. The number of ether oxygens (including phenoxy) is 1. The predicted molar refractivity (Wildman–Crippen MR) is 125 cm³/mol. The highest BCUT2D eigenvalue weighted by Crippen LogP contribution is 2.54. The van der Waals surface area contributed by atoms with Gasteiger partial charge in [0.1, 0.15) is 22.6 Å². The van der Waals surface area contributed by atoms with Crippen molar-refractivity contribution in [3.8, 4) is 16.9 Å². The van der Waals surface area contributed by atoms with E-state index >= 15 is 0 Å². The van der Waals surface area contributed by atoms with Crippen molar-refractivity contribution in [1.29, 1.82) is 0 Å². The van der Waals surface area contributed by atoms with Crippen molar-refractivity contribution in [3.63, 3.8) is 0 Å². The Balaban J connectivity index is 1.29. The molecule has 3 atom stereocenters. The third-order valence-corrected chi connectivity index (χ3v) is 6.99. The third kappa shape index (κ3) is 4.72. The van der Waals surface area contributed by atoms with Crippen LogP contribution in [-0.2, 0) is 11.0 Å². The fraction of sp³-hybridized carbons (Fsp3) is 0.240. The second-order valence-corrected chi connectivity index (χ2v) is 9.69. The molecule has 5 nitrogen and oxygen atoms in total. The van der Waals surface area contributed by atoms with Crippen LogP contribution >= 0.6 is 0 Å². The maximum Gasteiger partial charge on any atom is 0.456 e. The lowest BCUT2D eigenvalue weighted by atomic mass is 10.1. The van der Waals surface area contributed by atoms with Crippen molar-refractivity contribution < 1.29 is 30.9 Å². The number of nitrogens with two attached hydrogens (primary N) is 1. The molecular weight excluding hydrogens is 501 g/mol. The van der Waals surface area contributed by atoms with E-state index in [4.69, 9.17) is 5.14 Å². The number of halogens is 5. The Kier molecular flexibility index (Phi) is 6.08. The van der Waals surface area contributed by atoms with Gasteiger partial charge in [-0.3, -0.25) is 0 Å². The number of aromatic nitrogens is 2. The van der Waals surface area contributed by atoms with Crippen LogP contribution in [0.1, 0.15) is 29.6 Å². The Morgan fingerprint density at radius 3 is 2.42 bits per heavy atom. The van der Waals surface area contributed by atoms with E-state index in [-0.39, 0.29) is 17.6 Å². The molecule has 3 N–H and O–H groups in total. The van der Waals surface area contributed by atoms with Crippen LogP contribution in [-0.4, -0.2) is 32.9 Å². The van der Waals surface area contributed by atoms with Gasteiger partial charge in [-0.15, -0.1) is 0 Å². The van der Waals surface area contributed by atoms with Crippen LogP contribution in [0.3, 0.4) is 0 Å². The molecule has 1 aliphatic rings. The summed E-state index contributed by atoms with van der Waals surface area (Å²) in [5.74, 6) is -3.93. The molecule has 1 fully saturated rings. The normalized spacial score (nSPS) is 18.8. The van der Waals surface area contributed by atoms with Gasteiger partial charge in [-0.1, -0.05) is 36.4 Å². The number of benzene rings is 3. The van der Waals surface area contributed by atoms with Gasteiger partial charge in [-0.2, -0.15) is 22.0 Å². The quantitative estimate of drug-likeness (QED) is 0.290. The van der Waals surface area contributed by atoms with E-state index in [2.05, 4.69) is 14.7 Å². The second kappa shape index (κ2) is 8.97. The van der Waals surface area contributed by atoms with Crippen LogP contribution in [0.4, 0.5) is 22.0 Å². The minimum atomic E-state index is -5.66. The van der Waals surface area contributed by atoms with E-state index in [1.54, 1.807) is 24.3 Å². The molecule has 188 valence electrons. The fourth-order valence-electron chi connectivity index (χ4n) is 4.19. The van der Waals surface area contributed by atoms with Gasteiger partial charge in [0.15, 0.2) is 6.61 Å². The number of nitrogens with one attached hydrogen (secondary N) is 1. The smallest absolute Gasteiger partial charge is 0.456 e. The molecule has 0 bridgehead atoms. The maximum absolute atomic E-state index is 13.1. The van der Waals surface area contributed by atoms with Crippen molar-refractivity contribution in [2.75, 3.05) is 6.61 Å². The number of nitrogens with zero attached hydrogens (tertiary/aromatic N) is 1. The second-order valence-electron chi connectivity index (χ2n) is 8.66. The molecule has 0 amide bonds. The Morgan fingerprint density at radius 1 is 1.00 bits per heavy atom. The van der Waals surface area contributed by atoms with Crippen molar-refractivity contribution in [1.82, 2.24) is 9.97 Å². The Morgan fingerprint density at radius 2 is 1.72 bits per heavy atom. The molecule has 36 heavy (non-hydrogen) atoms. The number of alkyl halides is 5. The van der Waals surface area contributed by atoms with Crippen LogP contribution in [0.2, 0.25) is 0 Å². The van der Waals surface area contributed by atoms with E-state index in [0.29, 0.717) is 4.90 Å². The average molecular weight is 522 g/mol. The highest BCUT2D eigenvalue weighted by Gasteiger charge is 2.58. The van der Waals surface area contributed by atoms with Crippen molar-refractivity contribution in [2.24, 2.45) is 5.14 Å². The van der Waals surface area contributed by atoms with Crippen LogP contribution in [0.25, 0.3) is 22.2 Å². The number of rotatable bonds is 7. The molecule has 11 heteroatoms. The highest BCUT2D eigenvalue weighted by atomic mass is 32.2. The highest BCUT2D eigenvalue weighted by molar-refractivity contribution is 7.82. The summed E-state index contributed by atoms with van der Waals surface area (Å²) in [4.78, 5) is 8.57. The minimum absolute atomic E-state index is 0.0603. The fourth-order valence-corrected chi connectivity index (χ4v) is 4.80. The number of fused-ring (bicyclic) bond motifs is 1. The van der Waals surface area contributed by atoms with Crippen molar-refractivity contribution >= 4 is 22.0 Å². The van der Waals surface area contributed by atoms with Gasteiger partial charge in [0.05, 0.1) is 15.9 Å². The predicted octanol–water partition coefficient (Wildman–Crippen LogP) is 6.06. The summed E-state index contributed by atoms with van der Waals surface area (Å²) in [5.41, 5.74) is 4.14. The van der Waals surface area contributed by atoms with E-state index in [1.165, 1.54) is 12.1 Å². The first-order valence-electron chi connectivity index (χ1n) is 11.0. The third-order valence-electron chi connectivity index (χ3n) is 6.20. The zero-order chi connectivity index (χ0) is 25.7. The van der Waals surface area contributed by atoms with Gasteiger partial charge >= 0.3 is 12.1 Å².